The van der Waals surface area contributed by atoms with Crippen molar-refractivity contribution in [1.29, 1.82) is 0 Å². The third kappa shape index (κ3) is 4.14. The van der Waals surface area contributed by atoms with E-state index in [9.17, 15) is 0 Å². The Balaban J connectivity index is 2.09. The highest BCUT2D eigenvalue weighted by atomic mass is 35.5. The van der Waals surface area contributed by atoms with Gasteiger partial charge in [-0.2, -0.15) is 0 Å². The molecule has 0 aromatic heterocycles. The summed E-state index contributed by atoms with van der Waals surface area (Å²) in [7, 11) is 0. The van der Waals surface area contributed by atoms with Crippen LogP contribution in [0.15, 0.2) is 48.5 Å². The van der Waals surface area contributed by atoms with Crippen LogP contribution < -0.4 is 0 Å². The number of halogens is 3. The lowest BCUT2D eigenvalue weighted by molar-refractivity contribution is 0.584. The van der Waals surface area contributed by atoms with E-state index in [4.69, 9.17) is 34.8 Å². The highest BCUT2D eigenvalue weighted by molar-refractivity contribution is 6.31. The van der Waals surface area contributed by atoms with Gasteiger partial charge in [-0.15, -0.1) is 11.6 Å². The molecule has 19 heavy (non-hydrogen) atoms. The monoisotopic (exact) mass is 312 g/mol. The molecule has 0 unspecified atom stereocenters. The maximum atomic E-state index is 6.19. The topological polar surface area (TPSA) is 0 Å². The average Bonchev–Trinajstić information content (AvgIpc) is 2.42. The number of benzene rings is 2. The predicted octanol–water partition coefficient (Wildman–Crippen LogP) is 5.63. The fraction of sp³-hybridized carbons (Fsp3) is 0.250. The van der Waals surface area contributed by atoms with Crippen LogP contribution in [0.25, 0.3) is 0 Å². The molecule has 0 bridgehead atoms. The summed E-state index contributed by atoms with van der Waals surface area (Å²) in [6.07, 6.45) is 1.74. The van der Waals surface area contributed by atoms with Gasteiger partial charge in [0, 0.05) is 15.9 Å². The van der Waals surface area contributed by atoms with Gasteiger partial charge in [0.15, 0.2) is 0 Å². The molecule has 0 heterocycles. The average molecular weight is 314 g/mol. The van der Waals surface area contributed by atoms with E-state index >= 15 is 0 Å². The minimum absolute atomic E-state index is 0.335. The van der Waals surface area contributed by atoms with Gasteiger partial charge < -0.3 is 0 Å². The van der Waals surface area contributed by atoms with Crippen LogP contribution in [-0.4, -0.2) is 5.88 Å². The van der Waals surface area contributed by atoms with E-state index in [1.165, 1.54) is 0 Å². The number of hydrogen-bond acceptors (Lipinski definition) is 0. The van der Waals surface area contributed by atoms with Crippen LogP contribution in [0.2, 0.25) is 10.0 Å². The predicted molar refractivity (Wildman–Crippen MR) is 84.5 cm³/mol. The lowest BCUT2D eigenvalue weighted by atomic mass is 9.94. The van der Waals surface area contributed by atoms with Crippen molar-refractivity contribution < 1.29 is 0 Å². The van der Waals surface area contributed by atoms with Crippen LogP contribution in [0.4, 0.5) is 0 Å². The number of alkyl halides is 1. The highest BCUT2D eigenvalue weighted by Crippen LogP contribution is 2.24. The zero-order valence-electron chi connectivity index (χ0n) is 10.5. The number of rotatable bonds is 5. The second-order valence-corrected chi connectivity index (χ2v) is 5.73. The Morgan fingerprint density at radius 3 is 1.53 bits per heavy atom. The lowest BCUT2D eigenvalue weighted by Gasteiger charge is -2.15. The summed E-state index contributed by atoms with van der Waals surface area (Å²) < 4.78 is 0. The van der Waals surface area contributed by atoms with Gasteiger partial charge in [0.25, 0.3) is 0 Å². The van der Waals surface area contributed by atoms with Gasteiger partial charge in [0.1, 0.15) is 0 Å². The Labute approximate surface area is 129 Å². The molecule has 0 nitrogen and oxygen atoms in total. The van der Waals surface area contributed by atoms with Crippen molar-refractivity contribution in [3.05, 3.63) is 69.7 Å². The van der Waals surface area contributed by atoms with Crippen LogP contribution in [-0.2, 0) is 12.8 Å². The molecule has 0 radical (unpaired) electrons. The molecule has 0 spiro atoms. The van der Waals surface area contributed by atoms with Crippen LogP contribution in [0, 0.1) is 5.92 Å². The van der Waals surface area contributed by atoms with E-state index in [2.05, 4.69) is 12.1 Å². The fourth-order valence-corrected chi connectivity index (χ4v) is 2.78. The van der Waals surface area contributed by atoms with Crippen molar-refractivity contribution >= 4 is 34.8 Å². The maximum absolute atomic E-state index is 6.19. The first-order valence-electron chi connectivity index (χ1n) is 6.23. The smallest absolute Gasteiger partial charge is 0.0438 e. The molecular weight excluding hydrogens is 299 g/mol. The minimum Gasteiger partial charge on any atom is -0.126 e. The Kier molecular flexibility index (Phi) is 5.57. The molecular formula is C16H15Cl3. The number of hydrogen-bond donors (Lipinski definition) is 0. The van der Waals surface area contributed by atoms with E-state index < -0.39 is 0 Å². The Hall–Kier alpha value is -0.690. The molecule has 0 saturated carbocycles. The van der Waals surface area contributed by atoms with Crippen molar-refractivity contribution in [1.82, 2.24) is 0 Å². The van der Waals surface area contributed by atoms with Gasteiger partial charge in [0.2, 0.25) is 0 Å². The quantitative estimate of drug-likeness (QED) is 0.627. The molecule has 0 aliphatic rings. The summed E-state index contributed by atoms with van der Waals surface area (Å²) in [5, 5.41) is 1.61. The third-order valence-corrected chi connectivity index (χ3v) is 4.32. The van der Waals surface area contributed by atoms with Crippen LogP contribution in [0.5, 0.6) is 0 Å². The van der Waals surface area contributed by atoms with E-state index in [1.807, 2.05) is 36.4 Å². The summed E-state index contributed by atoms with van der Waals surface area (Å²) in [6, 6.07) is 15.8. The first kappa shape index (κ1) is 14.7. The maximum Gasteiger partial charge on any atom is 0.0438 e. The van der Waals surface area contributed by atoms with Crippen LogP contribution in [0.1, 0.15) is 11.1 Å². The van der Waals surface area contributed by atoms with Crippen molar-refractivity contribution in [2.45, 2.75) is 12.8 Å². The van der Waals surface area contributed by atoms with Crippen LogP contribution >= 0.6 is 34.8 Å². The Morgan fingerprint density at radius 1 is 0.737 bits per heavy atom. The van der Waals surface area contributed by atoms with Crippen molar-refractivity contribution in [2.75, 3.05) is 5.88 Å². The zero-order valence-corrected chi connectivity index (χ0v) is 12.7. The van der Waals surface area contributed by atoms with Gasteiger partial charge in [0.05, 0.1) is 0 Å². The van der Waals surface area contributed by atoms with E-state index in [-0.39, 0.29) is 0 Å². The molecule has 2 rings (SSSR count). The largest absolute Gasteiger partial charge is 0.126 e. The normalized spacial score (nSPS) is 10.9. The standard InChI is InChI=1S/C16H15Cl3/c17-11-12(9-13-5-1-3-7-15(13)18)10-14-6-2-4-8-16(14)19/h1-8,12H,9-11H2. The first-order chi connectivity index (χ1) is 9.20. The van der Waals surface area contributed by atoms with Gasteiger partial charge in [-0.1, -0.05) is 59.6 Å². The van der Waals surface area contributed by atoms with Gasteiger partial charge in [-0.25, -0.2) is 0 Å². The third-order valence-electron chi connectivity index (χ3n) is 3.15. The summed E-state index contributed by atoms with van der Waals surface area (Å²) >= 11 is 18.5. The van der Waals surface area contributed by atoms with E-state index in [0.717, 1.165) is 34.0 Å². The van der Waals surface area contributed by atoms with Crippen molar-refractivity contribution in [2.24, 2.45) is 5.92 Å². The molecule has 0 N–H and O–H groups in total. The second-order valence-electron chi connectivity index (χ2n) is 4.61. The van der Waals surface area contributed by atoms with Crippen molar-refractivity contribution in [3.8, 4) is 0 Å². The Morgan fingerprint density at radius 2 is 1.16 bits per heavy atom. The minimum atomic E-state index is 0.335. The first-order valence-corrected chi connectivity index (χ1v) is 7.52. The molecule has 2 aromatic rings. The fourth-order valence-electron chi connectivity index (χ4n) is 2.13. The Bertz CT molecular complexity index is 490. The van der Waals surface area contributed by atoms with Gasteiger partial charge in [-0.05, 0) is 42.0 Å². The van der Waals surface area contributed by atoms with Gasteiger partial charge in [-0.3, -0.25) is 0 Å². The van der Waals surface area contributed by atoms with Gasteiger partial charge >= 0.3 is 0 Å². The molecule has 3 heteroatoms. The van der Waals surface area contributed by atoms with Crippen LogP contribution in [0.3, 0.4) is 0 Å². The molecule has 2 aromatic carbocycles. The summed E-state index contributed by atoms with van der Waals surface area (Å²) in [6.45, 7) is 0. The van der Waals surface area contributed by atoms with E-state index in [0.29, 0.717) is 11.8 Å². The lowest BCUT2D eigenvalue weighted by Crippen LogP contribution is -2.10. The zero-order chi connectivity index (χ0) is 13.7. The van der Waals surface area contributed by atoms with E-state index in [1.54, 1.807) is 0 Å². The highest BCUT2D eigenvalue weighted by Gasteiger charge is 2.13. The molecule has 0 saturated heterocycles. The van der Waals surface area contributed by atoms with Crippen molar-refractivity contribution in [3.63, 3.8) is 0 Å². The molecule has 0 fully saturated rings. The summed E-state index contributed by atoms with van der Waals surface area (Å²) in [4.78, 5) is 0. The summed E-state index contributed by atoms with van der Waals surface area (Å²) in [5.41, 5.74) is 2.28. The molecule has 0 aliphatic carbocycles. The molecule has 0 atom stereocenters. The molecule has 0 aliphatic heterocycles. The second kappa shape index (κ2) is 7.19. The summed E-state index contributed by atoms with van der Waals surface area (Å²) in [5.74, 6) is 0.928. The molecule has 0 amide bonds. The molecule has 100 valence electrons. The SMILES string of the molecule is ClCC(Cc1ccccc1Cl)Cc1ccccc1Cl.